The fourth-order valence-corrected chi connectivity index (χ4v) is 2.99. The number of aliphatic hydroxyl groups excluding tert-OH is 1. The zero-order chi connectivity index (χ0) is 17.1. The summed E-state index contributed by atoms with van der Waals surface area (Å²) in [4.78, 5) is 8.98. The normalized spacial score (nSPS) is 17.6. The highest BCUT2D eigenvalue weighted by atomic mass is 16.5. The lowest BCUT2D eigenvalue weighted by Gasteiger charge is -2.14. The molecule has 1 aliphatic rings. The van der Waals surface area contributed by atoms with E-state index in [0.29, 0.717) is 18.2 Å². The van der Waals surface area contributed by atoms with Crippen LogP contribution in [-0.4, -0.2) is 22.6 Å². The van der Waals surface area contributed by atoms with Gasteiger partial charge in [-0.2, -0.15) is 0 Å². The first-order valence-corrected chi connectivity index (χ1v) is 8.27. The van der Waals surface area contributed by atoms with Gasteiger partial charge in [-0.15, -0.1) is 0 Å². The highest BCUT2D eigenvalue weighted by Crippen LogP contribution is 2.29. The van der Waals surface area contributed by atoms with Gasteiger partial charge in [0.25, 0.3) is 0 Å². The van der Waals surface area contributed by atoms with Crippen molar-refractivity contribution in [3.8, 4) is 0 Å². The predicted octanol–water partition coefficient (Wildman–Crippen LogP) is 3.68. The van der Waals surface area contributed by atoms with Crippen molar-refractivity contribution in [2.45, 2.75) is 12.1 Å². The maximum absolute atomic E-state index is 10.7. The molecule has 25 heavy (non-hydrogen) atoms. The third-order valence-corrected chi connectivity index (χ3v) is 4.29. The number of nitrogens with zero attached hydrogens (tertiary/aromatic N) is 2. The van der Waals surface area contributed by atoms with Crippen LogP contribution in [0.4, 0.5) is 0 Å². The van der Waals surface area contributed by atoms with Crippen molar-refractivity contribution >= 4 is 5.90 Å². The van der Waals surface area contributed by atoms with E-state index in [0.717, 1.165) is 16.7 Å². The van der Waals surface area contributed by atoms with E-state index in [1.165, 1.54) is 0 Å². The maximum atomic E-state index is 10.7. The molecule has 0 saturated carbocycles. The predicted molar refractivity (Wildman–Crippen MR) is 96.4 cm³/mol. The monoisotopic (exact) mass is 330 g/mol. The molecule has 1 aliphatic heterocycles. The van der Waals surface area contributed by atoms with E-state index < -0.39 is 6.10 Å². The minimum atomic E-state index is -0.820. The lowest BCUT2D eigenvalue weighted by molar-refractivity contribution is 0.214. The van der Waals surface area contributed by atoms with Crippen LogP contribution in [-0.2, 0) is 4.74 Å². The summed E-state index contributed by atoms with van der Waals surface area (Å²) in [5, 5.41) is 10.7. The van der Waals surface area contributed by atoms with E-state index >= 15 is 0 Å². The lowest BCUT2D eigenvalue weighted by atomic mass is 9.99. The highest BCUT2D eigenvalue weighted by molar-refractivity contribution is 5.96. The van der Waals surface area contributed by atoms with Crippen LogP contribution in [0, 0.1) is 0 Å². The van der Waals surface area contributed by atoms with E-state index in [4.69, 9.17) is 9.73 Å². The van der Waals surface area contributed by atoms with Crippen LogP contribution < -0.4 is 0 Å². The van der Waals surface area contributed by atoms with Gasteiger partial charge in [0.2, 0.25) is 5.90 Å². The first kappa shape index (κ1) is 15.5. The van der Waals surface area contributed by atoms with Crippen molar-refractivity contribution in [1.82, 2.24) is 4.98 Å². The third kappa shape index (κ3) is 3.16. The van der Waals surface area contributed by atoms with E-state index in [2.05, 4.69) is 17.1 Å². The van der Waals surface area contributed by atoms with Gasteiger partial charge in [-0.1, -0.05) is 54.6 Å². The Balaban J connectivity index is 1.68. The third-order valence-electron chi connectivity index (χ3n) is 4.29. The van der Waals surface area contributed by atoms with Crippen molar-refractivity contribution in [2.75, 3.05) is 6.61 Å². The molecule has 4 heteroatoms. The molecule has 1 aromatic heterocycles. The molecule has 0 aliphatic carbocycles. The minimum absolute atomic E-state index is 0.0174. The summed E-state index contributed by atoms with van der Waals surface area (Å²) >= 11 is 0. The largest absolute Gasteiger partial charge is 0.475 e. The molecule has 2 aromatic carbocycles. The van der Waals surface area contributed by atoms with E-state index in [1.807, 2.05) is 60.7 Å². The van der Waals surface area contributed by atoms with E-state index in [-0.39, 0.29) is 6.04 Å². The van der Waals surface area contributed by atoms with Gasteiger partial charge >= 0.3 is 0 Å². The van der Waals surface area contributed by atoms with Gasteiger partial charge in [-0.05, 0) is 29.3 Å². The van der Waals surface area contributed by atoms with E-state index in [1.54, 1.807) is 6.20 Å². The van der Waals surface area contributed by atoms with Crippen molar-refractivity contribution in [2.24, 2.45) is 4.99 Å². The van der Waals surface area contributed by atoms with Crippen molar-refractivity contribution in [3.05, 3.63) is 101 Å². The molecule has 0 fully saturated rings. The Labute approximate surface area is 146 Å². The highest BCUT2D eigenvalue weighted by Gasteiger charge is 2.25. The molecular formula is C21H18N2O2. The molecule has 0 radical (unpaired) electrons. The Morgan fingerprint density at radius 2 is 1.68 bits per heavy atom. The van der Waals surface area contributed by atoms with Crippen LogP contribution in [0.25, 0.3) is 0 Å². The van der Waals surface area contributed by atoms with Gasteiger partial charge in [0, 0.05) is 11.8 Å². The Morgan fingerprint density at radius 1 is 0.920 bits per heavy atom. The van der Waals surface area contributed by atoms with Crippen molar-refractivity contribution in [3.63, 3.8) is 0 Å². The van der Waals surface area contributed by atoms with Crippen LogP contribution in [0.1, 0.15) is 34.5 Å². The second kappa shape index (κ2) is 6.87. The van der Waals surface area contributed by atoms with Crippen molar-refractivity contribution < 1.29 is 9.84 Å². The molecule has 0 saturated heterocycles. The first-order chi connectivity index (χ1) is 12.3. The molecule has 2 heterocycles. The Bertz CT molecular complexity index is 879. The molecule has 1 N–H and O–H groups in total. The van der Waals surface area contributed by atoms with Gasteiger partial charge in [-0.3, -0.25) is 4.98 Å². The molecule has 0 unspecified atom stereocenters. The van der Waals surface area contributed by atoms with Gasteiger partial charge in [0.1, 0.15) is 18.8 Å². The summed E-state index contributed by atoms with van der Waals surface area (Å²) in [5.74, 6) is 0.569. The SMILES string of the molecule is O[C@@H](c1ccccn1)c1ccccc1C1=N[C@@H](c2ccccc2)CO1. The summed E-state index contributed by atoms with van der Waals surface area (Å²) < 4.78 is 5.85. The quantitative estimate of drug-likeness (QED) is 0.794. The van der Waals surface area contributed by atoms with Crippen LogP contribution in [0.2, 0.25) is 0 Å². The maximum Gasteiger partial charge on any atom is 0.217 e. The molecule has 4 rings (SSSR count). The molecule has 2 atom stereocenters. The van der Waals surface area contributed by atoms with E-state index in [9.17, 15) is 5.11 Å². The number of aliphatic hydroxyl groups is 1. The number of hydrogen-bond donors (Lipinski definition) is 1. The second-order valence-electron chi connectivity index (χ2n) is 5.92. The number of benzene rings is 2. The standard InChI is InChI=1S/C21H18N2O2/c24-20(18-12-6-7-13-22-18)16-10-4-5-11-17(16)21-23-19(14-25-21)15-8-2-1-3-9-15/h1-13,19-20,24H,14H2/t19-,20-/m1/s1. The summed E-state index contributed by atoms with van der Waals surface area (Å²) in [6.07, 6.45) is 0.857. The molecule has 4 nitrogen and oxygen atoms in total. The lowest BCUT2D eigenvalue weighted by Crippen LogP contribution is -2.10. The number of ether oxygens (including phenoxy) is 1. The zero-order valence-electron chi connectivity index (χ0n) is 13.6. The number of rotatable bonds is 4. The van der Waals surface area contributed by atoms with Gasteiger partial charge < -0.3 is 9.84 Å². The van der Waals surface area contributed by atoms with Gasteiger partial charge in [0.05, 0.1) is 5.69 Å². The Morgan fingerprint density at radius 3 is 2.48 bits per heavy atom. The Hall–Kier alpha value is -2.98. The summed E-state index contributed by atoms with van der Waals surface area (Å²) in [5.41, 5.74) is 3.28. The van der Waals surface area contributed by atoms with Crippen molar-refractivity contribution in [1.29, 1.82) is 0 Å². The number of hydrogen-bond acceptors (Lipinski definition) is 4. The van der Waals surface area contributed by atoms with Crippen LogP contribution >= 0.6 is 0 Å². The topological polar surface area (TPSA) is 54.7 Å². The number of pyridine rings is 1. The fraction of sp³-hybridized carbons (Fsp3) is 0.143. The second-order valence-corrected chi connectivity index (χ2v) is 5.92. The fourth-order valence-electron chi connectivity index (χ4n) is 2.99. The molecule has 0 bridgehead atoms. The number of aromatic nitrogens is 1. The minimum Gasteiger partial charge on any atom is -0.475 e. The Kier molecular flexibility index (Phi) is 4.27. The average Bonchev–Trinajstić information content (AvgIpc) is 3.19. The smallest absolute Gasteiger partial charge is 0.217 e. The summed E-state index contributed by atoms with van der Waals surface area (Å²) in [7, 11) is 0. The molecular weight excluding hydrogens is 312 g/mol. The average molecular weight is 330 g/mol. The van der Waals surface area contributed by atoms with Gasteiger partial charge in [0.15, 0.2) is 0 Å². The molecule has 124 valence electrons. The summed E-state index contributed by atoms with van der Waals surface area (Å²) in [6, 6.07) is 23.2. The molecule has 0 amide bonds. The zero-order valence-corrected chi connectivity index (χ0v) is 13.6. The number of aliphatic imine (C=N–C) groups is 1. The molecule has 3 aromatic rings. The molecule has 0 spiro atoms. The first-order valence-electron chi connectivity index (χ1n) is 8.27. The van der Waals surface area contributed by atoms with Gasteiger partial charge in [-0.25, -0.2) is 4.99 Å². The van der Waals surface area contributed by atoms with Crippen LogP contribution in [0.5, 0.6) is 0 Å². The van der Waals surface area contributed by atoms with Crippen LogP contribution in [0.15, 0.2) is 84.0 Å². The van der Waals surface area contributed by atoms with Crippen LogP contribution in [0.3, 0.4) is 0 Å². The summed E-state index contributed by atoms with van der Waals surface area (Å²) in [6.45, 7) is 0.507.